The largest absolute Gasteiger partial charge is 0.495 e. The molecule has 7 heteroatoms. The number of nitrogens with zero attached hydrogens (tertiary/aromatic N) is 3. The summed E-state index contributed by atoms with van der Waals surface area (Å²) >= 11 is 0. The molecule has 0 spiro atoms. The van der Waals surface area contributed by atoms with Gasteiger partial charge in [-0.1, -0.05) is 0 Å². The van der Waals surface area contributed by atoms with E-state index < -0.39 is 0 Å². The Morgan fingerprint density at radius 2 is 2.38 bits per heavy atom. The van der Waals surface area contributed by atoms with Crippen LogP contribution in [0.15, 0.2) is 24.8 Å². The molecule has 84 valence electrons. The van der Waals surface area contributed by atoms with Gasteiger partial charge < -0.3 is 4.74 Å². The lowest BCUT2D eigenvalue weighted by Gasteiger charge is -2.13. The fraction of sp³-hybridized carbons (Fsp3) is 0.222. The third-order valence-corrected chi connectivity index (χ3v) is 2.18. The minimum Gasteiger partial charge on any atom is -0.495 e. The van der Waals surface area contributed by atoms with Gasteiger partial charge in [0, 0.05) is 6.20 Å². The number of nitrogens with one attached hydrogen (secondary N) is 2. The van der Waals surface area contributed by atoms with E-state index in [0.29, 0.717) is 11.6 Å². The van der Waals surface area contributed by atoms with E-state index in [1.165, 1.54) is 6.33 Å². The molecule has 2 heterocycles. The van der Waals surface area contributed by atoms with Gasteiger partial charge in [-0.25, -0.2) is 10.4 Å². The highest BCUT2D eigenvalue weighted by molar-refractivity contribution is 5.28. The van der Waals surface area contributed by atoms with Crippen molar-refractivity contribution in [2.45, 2.75) is 6.04 Å². The molecule has 0 amide bonds. The van der Waals surface area contributed by atoms with Gasteiger partial charge in [-0.3, -0.25) is 15.9 Å². The minimum atomic E-state index is -0.287. The van der Waals surface area contributed by atoms with Gasteiger partial charge in [0.25, 0.3) is 0 Å². The van der Waals surface area contributed by atoms with E-state index in [0.717, 1.165) is 5.56 Å². The van der Waals surface area contributed by atoms with E-state index in [9.17, 15) is 0 Å². The molecule has 2 aromatic heterocycles. The fourth-order valence-corrected chi connectivity index (χ4v) is 1.39. The van der Waals surface area contributed by atoms with Crippen LogP contribution < -0.4 is 16.0 Å². The van der Waals surface area contributed by atoms with Crippen LogP contribution in [0.1, 0.15) is 17.4 Å². The number of hydrogen-bond donors (Lipinski definition) is 3. The second-order valence-corrected chi connectivity index (χ2v) is 3.13. The summed E-state index contributed by atoms with van der Waals surface area (Å²) < 4.78 is 5.09. The summed E-state index contributed by atoms with van der Waals surface area (Å²) in [6.45, 7) is 0. The first kappa shape index (κ1) is 10.5. The summed E-state index contributed by atoms with van der Waals surface area (Å²) in [7, 11) is 1.58. The van der Waals surface area contributed by atoms with Crippen LogP contribution in [-0.2, 0) is 0 Å². The number of ether oxygens (including phenoxy) is 1. The lowest BCUT2D eigenvalue weighted by atomic mass is 10.1. The smallest absolute Gasteiger partial charge is 0.147 e. The van der Waals surface area contributed by atoms with E-state index in [4.69, 9.17) is 10.6 Å². The van der Waals surface area contributed by atoms with Crippen LogP contribution in [0, 0.1) is 0 Å². The Bertz CT molecular complexity index is 443. The molecule has 0 bridgehead atoms. The topological polar surface area (TPSA) is 102 Å². The van der Waals surface area contributed by atoms with Crippen LogP contribution in [0.2, 0.25) is 0 Å². The van der Waals surface area contributed by atoms with Crippen LogP contribution in [0.3, 0.4) is 0 Å². The highest BCUT2D eigenvalue weighted by Crippen LogP contribution is 2.20. The van der Waals surface area contributed by atoms with Crippen molar-refractivity contribution < 1.29 is 4.74 Å². The Hall–Kier alpha value is -1.99. The van der Waals surface area contributed by atoms with Gasteiger partial charge in [0.1, 0.15) is 23.9 Å². The second-order valence-electron chi connectivity index (χ2n) is 3.13. The summed E-state index contributed by atoms with van der Waals surface area (Å²) in [5.41, 5.74) is 3.49. The normalized spacial score (nSPS) is 12.4. The average Bonchev–Trinajstić information content (AvgIpc) is 2.84. The molecule has 2 rings (SSSR count). The Morgan fingerprint density at radius 1 is 1.50 bits per heavy atom. The van der Waals surface area contributed by atoms with Crippen molar-refractivity contribution in [3.8, 4) is 5.75 Å². The summed E-state index contributed by atoms with van der Waals surface area (Å²) in [5.74, 6) is 6.77. The number of aromatic nitrogens is 4. The SMILES string of the molecule is COc1cncc(C(NN)c2ncn[nH]2)c1. The van der Waals surface area contributed by atoms with E-state index in [-0.39, 0.29) is 6.04 Å². The molecule has 0 saturated heterocycles. The zero-order chi connectivity index (χ0) is 11.4. The lowest BCUT2D eigenvalue weighted by Crippen LogP contribution is -2.29. The van der Waals surface area contributed by atoms with E-state index in [1.807, 2.05) is 6.07 Å². The van der Waals surface area contributed by atoms with Crippen LogP contribution in [-0.4, -0.2) is 27.3 Å². The highest BCUT2D eigenvalue weighted by Gasteiger charge is 2.16. The number of pyridine rings is 1. The van der Waals surface area contributed by atoms with Crippen molar-refractivity contribution in [1.82, 2.24) is 25.6 Å². The Balaban J connectivity index is 2.33. The summed E-state index contributed by atoms with van der Waals surface area (Å²) in [4.78, 5) is 8.09. The molecular weight excluding hydrogens is 208 g/mol. The quantitative estimate of drug-likeness (QED) is 0.485. The maximum Gasteiger partial charge on any atom is 0.147 e. The first-order valence-corrected chi connectivity index (χ1v) is 4.65. The molecule has 2 aromatic rings. The van der Waals surface area contributed by atoms with E-state index in [2.05, 4.69) is 25.6 Å². The predicted octanol–water partition coefficient (Wildman–Crippen LogP) is -0.239. The summed E-state index contributed by atoms with van der Waals surface area (Å²) in [6.07, 6.45) is 4.74. The summed E-state index contributed by atoms with van der Waals surface area (Å²) in [5, 5.41) is 6.53. The molecular formula is C9H12N6O. The van der Waals surface area contributed by atoms with Gasteiger partial charge in [-0.15, -0.1) is 0 Å². The third kappa shape index (κ3) is 2.00. The van der Waals surface area contributed by atoms with Crippen molar-refractivity contribution in [3.05, 3.63) is 36.2 Å². The Morgan fingerprint density at radius 3 is 3.00 bits per heavy atom. The van der Waals surface area contributed by atoms with Crippen molar-refractivity contribution in [1.29, 1.82) is 0 Å². The number of rotatable bonds is 4. The van der Waals surface area contributed by atoms with Gasteiger partial charge >= 0.3 is 0 Å². The second kappa shape index (κ2) is 4.69. The molecule has 1 atom stereocenters. The number of hydrazine groups is 1. The average molecular weight is 220 g/mol. The molecule has 0 saturated carbocycles. The van der Waals surface area contributed by atoms with Crippen molar-refractivity contribution >= 4 is 0 Å². The Labute approximate surface area is 92.0 Å². The zero-order valence-corrected chi connectivity index (χ0v) is 8.71. The molecule has 0 aliphatic rings. The van der Waals surface area contributed by atoms with Crippen LogP contribution in [0.4, 0.5) is 0 Å². The van der Waals surface area contributed by atoms with Gasteiger partial charge in [-0.05, 0) is 11.6 Å². The molecule has 0 aliphatic carbocycles. The number of hydrogen-bond acceptors (Lipinski definition) is 6. The summed E-state index contributed by atoms with van der Waals surface area (Å²) in [6, 6.07) is 1.55. The molecule has 16 heavy (non-hydrogen) atoms. The van der Waals surface area contributed by atoms with Crippen molar-refractivity contribution in [2.24, 2.45) is 5.84 Å². The van der Waals surface area contributed by atoms with Gasteiger partial charge in [0.05, 0.1) is 13.3 Å². The fourth-order valence-electron chi connectivity index (χ4n) is 1.39. The number of methoxy groups -OCH3 is 1. The molecule has 0 aromatic carbocycles. The zero-order valence-electron chi connectivity index (χ0n) is 8.71. The predicted molar refractivity (Wildman–Crippen MR) is 56.3 cm³/mol. The molecule has 7 nitrogen and oxygen atoms in total. The number of aromatic amines is 1. The highest BCUT2D eigenvalue weighted by atomic mass is 16.5. The van der Waals surface area contributed by atoms with Gasteiger partial charge in [0.15, 0.2) is 0 Å². The molecule has 1 unspecified atom stereocenters. The first-order chi connectivity index (χ1) is 7.85. The Kier molecular flexibility index (Phi) is 3.08. The first-order valence-electron chi connectivity index (χ1n) is 4.65. The number of nitrogens with two attached hydrogens (primary N) is 1. The maximum atomic E-state index is 5.48. The van der Waals surface area contributed by atoms with E-state index >= 15 is 0 Å². The standard InChI is InChI=1S/C9H12N6O/c1-16-7-2-6(3-11-4-7)8(14-10)9-12-5-13-15-9/h2-5,8,14H,10H2,1H3,(H,12,13,15). The molecule has 0 aliphatic heterocycles. The maximum absolute atomic E-state index is 5.48. The monoisotopic (exact) mass is 220 g/mol. The molecule has 0 radical (unpaired) electrons. The third-order valence-electron chi connectivity index (χ3n) is 2.18. The number of H-pyrrole nitrogens is 1. The van der Waals surface area contributed by atoms with Gasteiger partial charge in [-0.2, -0.15) is 5.10 Å². The molecule has 0 fully saturated rings. The van der Waals surface area contributed by atoms with Crippen molar-refractivity contribution in [3.63, 3.8) is 0 Å². The lowest BCUT2D eigenvalue weighted by molar-refractivity contribution is 0.411. The van der Waals surface area contributed by atoms with Gasteiger partial charge in [0.2, 0.25) is 0 Å². The van der Waals surface area contributed by atoms with Crippen molar-refractivity contribution in [2.75, 3.05) is 7.11 Å². The van der Waals surface area contributed by atoms with E-state index in [1.54, 1.807) is 19.5 Å². The van der Waals surface area contributed by atoms with Crippen LogP contribution >= 0.6 is 0 Å². The minimum absolute atomic E-state index is 0.287. The van der Waals surface area contributed by atoms with Crippen LogP contribution in [0.5, 0.6) is 5.75 Å². The molecule has 4 N–H and O–H groups in total. The van der Waals surface area contributed by atoms with Crippen LogP contribution in [0.25, 0.3) is 0 Å².